The van der Waals surface area contributed by atoms with E-state index in [0.717, 1.165) is 22.2 Å². The summed E-state index contributed by atoms with van der Waals surface area (Å²) in [5, 5.41) is 11.1. The lowest BCUT2D eigenvalue weighted by Gasteiger charge is -2.29. The van der Waals surface area contributed by atoms with Crippen LogP contribution in [0, 0.1) is 5.92 Å². The number of likely N-dealkylation sites (tertiary alicyclic amines) is 1. The van der Waals surface area contributed by atoms with E-state index < -0.39 is 0 Å². The van der Waals surface area contributed by atoms with Gasteiger partial charge in [-0.15, -0.1) is 12.4 Å². The van der Waals surface area contributed by atoms with E-state index in [1.165, 1.54) is 0 Å². The highest BCUT2D eigenvalue weighted by molar-refractivity contribution is 6.03. The number of aromatic nitrogens is 1. The number of amides is 1. The van der Waals surface area contributed by atoms with Crippen LogP contribution in [-0.4, -0.2) is 39.7 Å². The Morgan fingerprint density at radius 2 is 1.76 bits per heavy atom. The van der Waals surface area contributed by atoms with Gasteiger partial charge in [0.15, 0.2) is 0 Å². The number of hydrogen-bond acceptors (Lipinski definition) is 4. The van der Waals surface area contributed by atoms with Crippen molar-refractivity contribution in [3.8, 4) is 11.1 Å². The topological polar surface area (TPSA) is 88.6 Å². The van der Waals surface area contributed by atoms with Crippen LogP contribution < -0.4 is 11.3 Å². The molecule has 3 aromatic rings. The van der Waals surface area contributed by atoms with E-state index in [9.17, 15) is 14.7 Å². The van der Waals surface area contributed by atoms with Crippen LogP contribution in [0.3, 0.4) is 0 Å². The molecule has 1 amide bonds. The van der Waals surface area contributed by atoms with Crippen molar-refractivity contribution in [1.29, 1.82) is 0 Å². The van der Waals surface area contributed by atoms with Crippen LogP contribution in [0.25, 0.3) is 21.9 Å². The number of halogens is 1. The minimum absolute atomic E-state index is 0. The lowest BCUT2D eigenvalue weighted by Crippen LogP contribution is -2.40. The molecule has 0 spiro atoms. The molecule has 3 N–H and O–H groups in total. The number of aliphatic hydroxyl groups excluding tert-OH is 1. The summed E-state index contributed by atoms with van der Waals surface area (Å²) in [6.45, 7) is 6.04. The number of benzene rings is 2. The summed E-state index contributed by atoms with van der Waals surface area (Å²) < 4.78 is 1.79. The number of fused-ring (bicyclic) bond motifs is 1. The second-order valence-electron chi connectivity index (χ2n) is 8.99. The average Bonchev–Trinajstić information content (AvgIpc) is 2.80. The van der Waals surface area contributed by atoms with Crippen LogP contribution in [0.5, 0.6) is 0 Å². The number of hydrogen-bond donors (Lipinski definition) is 2. The number of pyridine rings is 1. The molecule has 7 heteroatoms. The minimum Gasteiger partial charge on any atom is -0.393 e. The smallest absolute Gasteiger partial charge is 0.258 e. The maximum absolute atomic E-state index is 13.4. The highest BCUT2D eigenvalue weighted by Gasteiger charge is 2.24. The van der Waals surface area contributed by atoms with Crippen LogP contribution in [0.15, 0.2) is 53.3 Å². The Labute approximate surface area is 200 Å². The second kappa shape index (κ2) is 10.5. The number of carbonyl (C=O) groups excluding carboxylic acids is 1. The van der Waals surface area contributed by atoms with E-state index in [0.29, 0.717) is 43.4 Å². The molecule has 0 unspecified atom stereocenters. The zero-order valence-corrected chi connectivity index (χ0v) is 20.0. The molecule has 1 aromatic heterocycles. The number of nitrogens with zero attached hydrogens (tertiary/aromatic N) is 2. The van der Waals surface area contributed by atoms with Crippen molar-refractivity contribution in [3.63, 3.8) is 0 Å². The van der Waals surface area contributed by atoms with Gasteiger partial charge in [0.1, 0.15) is 0 Å². The molecule has 2 heterocycles. The standard InChI is InChI=1S/C26H31N3O3.ClH/c1-17(2)16-29-23(15-27)24(18-6-4-3-5-7-18)22-14-19(8-9-21(22)26(29)32)25(31)28-12-10-20(30)11-13-28;/h3-9,14,17,20,30H,10-13,15-16,27H2,1-2H3;1H. The maximum Gasteiger partial charge on any atom is 0.258 e. The quantitative estimate of drug-likeness (QED) is 0.594. The van der Waals surface area contributed by atoms with Gasteiger partial charge in [-0.05, 0) is 47.9 Å². The van der Waals surface area contributed by atoms with E-state index in [1.54, 1.807) is 21.6 Å². The summed E-state index contributed by atoms with van der Waals surface area (Å²) in [5.41, 5.74) is 9.34. The van der Waals surface area contributed by atoms with Gasteiger partial charge >= 0.3 is 0 Å². The third-order valence-electron chi connectivity index (χ3n) is 6.18. The Morgan fingerprint density at radius 3 is 2.36 bits per heavy atom. The molecular weight excluding hydrogens is 438 g/mol. The average molecular weight is 470 g/mol. The van der Waals surface area contributed by atoms with Gasteiger partial charge in [0.05, 0.1) is 6.10 Å². The van der Waals surface area contributed by atoms with Gasteiger partial charge in [0, 0.05) is 48.4 Å². The zero-order valence-electron chi connectivity index (χ0n) is 19.2. The molecule has 2 aromatic carbocycles. The number of nitrogens with two attached hydrogens (primary N) is 1. The number of aliphatic hydroxyl groups is 1. The Morgan fingerprint density at radius 1 is 1.09 bits per heavy atom. The summed E-state index contributed by atoms with van der Waals surface area (Å²) in [4.78, 5) is 28.4. The van der Waals surface area contributed by atoms with E-state index in [2.05, 4.69) is 13.8 Å². The molecule has 0 bridgehead atoms. The normalized spacial score (nSPS) is 14.5. The first-order chi connectivity index (χ1) is 15.4. The first-order valence-corrected chi connectivity index (χ1v) is 11.3. The minimum atomic E-state index is -0.341. The molecule has 1 fully saturated rings. The molecule has 176 valence electrons. The fourth-order valence-corrected chi connectivity index (χ4v) is 4.58. The Bertz CT molecular complexity index is 1180. The summed E-state index contributed by atoms with van der Waals surface area (Å²) >= 11 is 0. The van der Waals surface area contributed by atoms with Gasteiger partial charge < -0.3 is 20.3 Å². The van der Waals surface area contributed by atoms with E-state index >= 15 is 0 Å². The van der Waals surface area contributed by atoms with Crippen LogP contribution in [0.2, 0.25) is 0 Å². The van der Waals surface area contributed by atoms with E-state index in [-0.39, 0.29) is 42.4 Å². The van der Waals surface area contributed by atoms with Crippen molar-refractivity contribution >= 4 is 29.1 Å². The Hall–Kier alpha value is -2.67. The fourth-order valence-electron chi connectivity index (χ4n) is 4.58. The third kappa shape index (κ3) is 4.98. The molecule has 33 heavy (non-hydrogen) atoms. The fraction of sp³-hybridized carbons (Fsp3) is 0.385. The van der Waals surface area contributed by atoms with Crippen LogP contribution in [-0.2, 0) is 13.1 Å². The van der Waals surface area contributed by atoms with Gasteiger partial charge in [-0.2, -0.15) is 0 Å². The van der Waals surface area contributed by atoms with Crippen LogP contribution >= 0.6 is 12.4 Å². The van der Waals surface area contributed by atoms with Crippen molar-refractivity contribution in [3.05, 3.63) is 70.1 Å². The lowest BCUT2D eigenvalue weighted by atomic mass is 9.94. The molecule has 0 saturated carbocycles. The summed E-state index contributed by atoms with van der Waals surface area (Å²) in [6.07, 6.45) is 0.837. The van der Waals surface area contributed by atoms with Crippen molar-refractivity contribution in [2.24, 2.45) is 11.7 Å². The predicted molar refractivity (Wildman–Crippen MR) is 135 cm³/mol. The van der Waals surface area contributed by atoms with Crippen molar-refractivity contribution < 1.29 is 9.90 Å². The summed E-state index contributed by atoms with van der Waals surface area (Å²) in [5.74, 6) is 0.216. The summed E-state index contributed by atoms with van der Waals surface area (Å²) in [6, 6.07) is 15.3. The first-order valence-electron chi connectivity index (χ1n) is 11.3. The first kappa shape index (κ1) is 25.0. The number of carbonyl (C=O) groups is 1. The van der Waals surface area contributed by atoms with Gasteiger partial charge in [0.2, 0.25) is 0 Å². The largest absolute Gasteiger partial charge is 0.393 e. The molecule has 6 nitrogen and oxygen atoms in total. The maximum atomic E-state index is 13.4. The van der Waals surface area contributed by atoms with E-state index in [4.69, 9.17) is 5.73 Å². The van der Waals surface area contributed by atoms with Gasteiger partial charge in [-0.3, -0.25) is 9.59 Å². The predicted octanol–water partition coefficient (Wildman–Crippen LogP) is 3.80. The summed E-state index contributed by atoms with van der Waals surface area (Å²) in [7, 11) is 0. The molecule has 0 aliphatic carbocycles. The molecule has 1 aliphatic heterocycles. The Kier molecular flexibility index (Phi) is 7.95. The van der Waals surface area contributed by atoms with Crippen LogP contribution in [0.4, 0.5) is 0 Å². The van der Waals surface area contributed by atoms with Crippen molar-refractivity contribution in [1.82, 2.24) is 9.47 Å². The van der Waals surface area contributed by atoms with Gasteiger partial charge in [-0.1, -0.05) is 44.2 Å². The Balaban J connectivity index is 0.00000306. The molecule has 0 atom stereocenters. The van der Waals surface area contributed by atoms with Crippen molar-refractivity contribution in [2.45, 2.75) is 45.9 Å². The molecule has 1 aliphatic rings. The third-order valence-corrected chi connectivity index (χ3v) is 6.18. The van der Waals surface area contributed by atoms with E-state index in [1.807, 2.05) is 36.4 Å². The van der Waals surface area contributed by atoms with Crippen LogP contribution in [0.1, 0.15) is 42.7 Å². The molecular formula is C26H32ClN3O3. The SMILES string of the molecule is CC(C)Cn1c(CN)c(-c2ccccc2)c2cc(C(=O)N3CCC(O)CC3)ccc2c1=O.Cl. The second-order valence-corrected chi connectivity index (χ2v) is 8.99. The highest BCUT2D eigenvalue weighted by atomic mass is 35.5. The van der Waals surface area contributed by atoms with Gasteiger partial charge in [-0.25, -0.2) is 0 Å². The lowest BCUT2D eigenvalue weighted by molar-refractivity contribution is 0.0546. The van der Waals surface area contributed by atoms with Gasteiger partial charge in [0.25, 0.3) is 11.5 Å². The number of rotatable bonds is 5. The monoisotopic (exact) mass is 469 g/mol. The van der Waals surface area contributed by atoms with Crippen molar-refractivity contribution in [2.75, 3.05) is 13.1 Å². The zero-order chi connectivity index (χ0) is 22.8. The molecule has 4 rings (SSSR count). The number of piperidine rings is 1. The highest BCUT2D eigenvalue weighted by Crippen LogP contribution is 2.32. The molecule has 1 saturated heterocycles. The molecule has 0 radical (unpaired) electrons.